The normalized spacial score (nSPS) is 29.9. The molecule has 2 atom stereocenters. The fourth-order valence-corrected chi connectivity index (χ4v) is 1.65. The number of piperidine rings is 1. The first-order valence-electron chi connectivity index (χ1n) is 4.55. The van der Waals surface area contributed by atoms with Crippen molar-refractivity contribution in [1.82, 2.24) is 10.2 Å². The molecule has 2 unspecified atom stereocenters. The molecule has 0 bridgehead atoms. The second-order valence-corrected chi connectivity index (χ2v) is 3.81. The third-order valence-corrected chi connectivity index (χ3v) is 2.59. The molecule has 1 amide bonds. The van der Waals surface area contributed by atoms with Crippen LogP contribution in [0, 0.1) is 11.8 Å². The van der Waals surface area contributed by atoms with Gasteiger partial charge in [0.25, 0.3) is 0 Å². The van der Waals surface area contributed by atoms with Crippen molar-refractivity contribution in [2.75, 3.05) is 27.2 Å². The van der Waals surface area contributed by atoms with Gasteiger partial charge in [0.15, 0.2) is 0 Å². The van der Waals surface area contributed by atoms with Gasteiger partial charge in [0, 0.05) is 20.6 Å². The topological polar surface area (TPSA) is 32.3 Å². The minimum absolute atomic E-state index is 0.189. The van der Waals surface area contributed by atoms with Crippen molar-refractivity contribution in [1.29, 1.82) is 0 Å². The summed E-state index contributed by atoms with van der Waals surface area (Å²) in [6.07, 6.45) is 1.12. The molecule has 0 aromatic carbocycles. The number of hydrogen-bond acceptors (Lipinski definition) is 2. The van der Waals surface area contributed by atoms with E-state index >= 15 is 0 Å². The standard InChI is InChI=1S/C9H18N2O/c1-7-4-5-10-6-8(7)9(12)11(2)3/h7-8,10H,4-6H2,1-3H3. The fraction of sp³-hybridized carbons (Fsp3) is 0.889. The van der Waals surface area contributed by atoms with Crippen LogP contribution in [-0.4, -0.2) is 38.0 Å². The van der Waals surface area contributed by atoms with Crippen molar-refractivity contribution in [3.8, 4) is 0 Å². The minimum atomic E-state index is 0.189. The average Bonchev–Trinajstić information content (AvgIpc) is 2.04. The second-order valence-electron chi connectivity index (χ2n) is 3.81. The van der Waals surface area contributed by atoms with Crippen LogP contribution in [0.25, 0.3) is 0 Å². The van der Waals surface area contributed by atoms with E-state index in [1.54, 1.807) is 4.90 Å². The third kappa shape index (κ3) is 1.97. The largest absolute Gasteiger partial charge is 0.349 e. The summed E-state index contributed by atoms with van der Waals surface area (Å²) in [6.45, 7) is 4.06. The van der Waals surface area contributed by atoms with Crippen LogP contribution >= 0.6 is 0 Å². The molecule has 1 fully saturated rings. The van der Waals surface area contributed by atoms with Gasteiger partial charge in [-0.1, -0.05) is 6.92 Å². The van der Waals surface area contributed by atoms with Crippen LogP contribution in [0.2, 0.25) is 0 Å². The maximum atomic E-state index is 11.6. The van der Waals surface area contributed by atoms with Crippen molar-refractivity contribution in [2.45, 2.75) is 13.3 Å². The molecule has 0 aromatic rings. The first-order valence-corrected chi connectivity index (χ1v) is 4.55. The number of rotatable bonds is 1. The van der Waals surface area contributed by atoms with E-state index in [2.05, 4.69) is 12.2 Å². The predicted octanol–water partition coefficient (Wildman–Crippen LogP) is 0.320. The van der Waals surface area contributed by atoms with Crippen LogP contribution < -0.4 is 5.32 Å². The summed E-state index contributed by atoms with van der Waals surface area (Å²) < 4.78 is 0. The lowest BCUT2D eigenvalue weighted by Crippen LogP contribution is -2.44. The van der Waals surface area contributed by atoms with Gasteiger partial charge in [0.2, 0.25) is 5.91 Å². The Labute approximate surface area is 74.1 Å². The van der Waals surface area contributed by atoms with Gasteiger partial charge in [0.1, 0.15) is 0 Å². The molecule has 0 aliphatic carbocycles. The van der Waals surface area contributed by atoms with Crippen molar-refractivity contribution < 1.29 is 4.79 Å². The van der Waals surface area contributed by atoms with Crippen molar-refractivity contribution in [2.24, 2.45) is 11.8 Å². The minimum Gasteiger partial charge on any atom is -0.349 e. The molecule has 0 spiro atoms. The molecular weight excluding hydrogens is 152 g/mol. The van der Waals surface area contributed by atoms with Crippen molar-refractivity contribution in [3.05, 3.63) is 0 Å². The molecule has 1 heterocycles. The van der Waals surface area contributed by atoms with Gasteiger partial charge >= 0.3 is 0 Å². The molecule has 1 rings (SSSR count). The van der Waals surface area contributed by atoms with E-state index in [1.165, 1.54) is 0 Å². The van der Waals surface area contributed by atoms with Crippen LogP contribution in [-0.2, 0) is 4.79 Å². The number of carbonyl (C=O) groups excluding carboxylic acids is 1. The molecule has 1 saturated heterocycles. The number of nitrogens with zero attached hydrogens (tertiary/aromatic N) is 1. The number of amides is 1. The highest BCUT2D eigenvalue weighted by Crippen LogP contribution is 2.19. The third-order valence-electron chi connectivity index (χ3n) is 2.59. The molecule has 70 valence electrons. The Balaban J connectivity index is 2.53. The highest BCUT2D eigenvalue weighted by Gasteiger charge is 2.28. The Morgan fingerprint density at radius 3 is 2.67 bits per heavy atom. The average molecular weight is 170 g/mol. The zero-order valence-corrected chi connectivity index (χ0v) is 8.13. The summed E-state index contributed by atoms with van der Waals surface area (Å²) >= 11 is 0. The molecule has 0 saturated carbocycles. The van der Waals surface area contributed by atoms with Gasteiger partial charge in [-0.15, -0.1) is 0 Å². The zero-order chi connectivity index (χ0) is 9.14. The number of nitrogens with one attached hydrogen (secondary N) is 1. The Hall–Kier alpha value is -0.570. The SMILES string of the molecule is CC1CCNCC1C(=O)N(C)C. The maximum Gasteiger partial charge on any atom is 0.226 e. The molecule has 1 N–H and O–H groups in total. The van der Waals surface area contributed by atoms with Crippen molar-refractivity contribution >= 4 is 5.91 Å². The highest BCUT2D eigenvalue weighted by atomic mass is 16.2. The lowest BCUT2D eigenvalue weighted by Gasteiger charge is -2.30. The predicted molar refractivity (Wildman–Crippen MR) is 48.8 cm³/mol. The molecular formula is C9H18N2O. The smallest absolute Gasteiger partial charge is 0.226 e. The molecule has 3 nitrogen and oxygen atoms in total. The van der Waals surface area contributed by atoms with E-state index < -0.39 is 0 Å². The Kier molecular flexibility index (Phi) is 3.09. The number of carbonyl (C=O) groups is 1. The summed E-state index contributed by atoms with van der Waals surface area (Å²) in [7, 11) is 3.65. The summed E-state index contributed by atoms with van der Waals surface area (Å²) in [5, 5.41) is 3.25. The van der Waals surface area contributed by atoms with E-state index in [0.717, 1.165) is 19.5 Å². The zero-order valence-electron chi connectivity index (χ0n) is 8.13. The van der Waals surface area contributed by atoms with E-state index in [0.29, 0.717) is 5.92 Å². The highest BCUT2D eigenvalue weighted by molar-refractivity contribution is 5.78. The molecule has 0 aromatic heterocycles. The molecule has 12 heavy (non-hydrogen) atoms. The van der Waals surface area contributed by atoms with E-state index in [9.17, 15) is 4.79 Å². The lowest BCUT2D eigenvalue weighted by molar-refractivity contribution is -0.135. The van der Waals surface area contributed by atoms with Crippen LogP contribution in [0.15, 0.2) is 0 Å². The fourth-order valence-electron chi connectivity index (χ4n) is 1.65. The maximum absolute atomic E-state index is 11.6. The summed E-state index contributed by atoms with van der Waals surface area (Å²) in [5.74, 6) is 0.976. The quantitative estimate of drug-likeness (QED) is 0.614. The van der Waals surface area contributed by atoms with Gasteiger partial charge in [-0.05, 0) is 18.9 Å². The Morgan fingerprint density at radius 1 is 1.50 bits per heavy atom. The molecule has 1 aliphatic heterocycles. The monoisotopic (exact) mass is 170 g/mol. The second kappa shape index (κ2) is 3.90. The summed E-state index contributed by atoms with van der Waals surface area (Å²) in [4.78, 5) is 13.3. The molecule has 0 radical (unpaired) electrons. The summed E-state index contributed by atoms with van der Waals surface area (Å²) in [5.41, 5.74) is 0. The van der Waals surface area contributed by atoms with Gasteiger partial charge < -0.3 is 10.2 Å². The van der Waals surface area contributed by atoms with Crippen LogP contribution in [0.3, 0.4) is 0 Å². The Morgan fingerprint density at radius 2 is 2.17 bits per heavy atom. The molecule has 1 aliphatic rings. The first kappa shape index (κ1) is 9.52. The number of hydrogen-bond donors (Lipinski definition) is 1. The lowest BCUT2D eigenvalue weighted by atomic mass is 9.87. The van der Waals surface area contributed by atoms with Gasteiger partial charge in [-0.3, -0.25) is 4.79 Å². The Bertz CT molecular complexity index is 168. The van der Waals surface area contributed by atoms with Gasteiger partial charge in [-0.2, -0.15) is 0 Å². The summed E-state index contributed by atoms with van der Waals surface area (Å²) in [6, 6.07) is 0. The molecule has 3 heteroatoms. The van der Waals surface area contributed by atoms with Crippen LogP contribution in [0.5, 0.6) is 0 Å². The van der Waals surface area contributed by atoms with E-state index in [1.807, 2.05) is 14.1 Å². The van der Waals surface area contributed by atoms with E-state index in [-0.39, 0.29) is 11.8 Å². The van der Waals surface area contributed by atoms with Gasteiger partial charge in [0.05, 0.1) is 5.92 Å². The van der Waals surface area contributed by atoms with E-state index in [4.69, 9.17) is 0 Å². The van der Waals surface area contributed by atoms with Crippen LogP contribution in [0.1, 0.15) is 13.3 Å². The van der Waals surface area contributed by atoms with Crippen molar-refractivity contribution in [3.63, 3.8) is 0 Å². The van der Waals surface area contributed by atoms with Crippen LogP contribution in [0.4, 0.5) is 0 Å². The first-order chi connectivity index (χ1) is 5.63. The van der Waals surface area contributed by atoms with Gasteiger partial charge in [-0.25, -0.2) is 0 Å².